The first-order valence-electron chi connectivity index (χ1n) is 6.42. The van der Waals surface area contributed by atoms with E-state index in [1.165, 1.54) is 4.90 Å². The summed E-state index contributed by atoms with van der Waals surface area (Å²) in [7, 11) is 0. The standard InChI is InChI=1S/C13H18N2O4/c1-4-13(12(17)18)6-5-7-15(13)11(16)10-8(2)14-19-9(10)3/h4-7H2,1-3H3,(H,17,18). The molecule has 1 aromatic heterocycles. The zero-order valence-electron chi connectivity index (χ0n) is 11.4. The molecule has 0 bridgehead atoms. The van der Waals surface area contributed by atoms with Crippen LogP contribution in [0.5, 0.6) is 0 Å². The van der Waals surface area contributed by atoms with Crippen molar-refractivity contribution in [1.29, 1.82) is 0 Å². The van der Waals surface area contributed by atoms with Crippen molar-refractivity contribution in [3.05, 3.63) is 17.0 Å². The maximum atomic E-state index is 12.6. The SMILES string of the molecule is CCC1(C(=O)O)CCCN1C(=O)c1c(C)noc1C. The lowest BCUT2D eigenvalue weighted by atomic mass is 9.92. The molecule has 0 aromatic carbocycles. The van der Waals surface area contributed by atoms with E-state index in [9.17, 15) is 14.7 Å². The van der Waals surface area contributed by atoms with Crippen LogP contribution in [0.15, 0.2) is 4.52 Å². The van der Waals surface area contributed by atoms with Gasteiger partial charge in [0.1, 0.15) is 16.9 Å². The third kappa shape index (κ3) is 1.91. The number of nitrogens with zero attached hydrogens (tertiary/aromatic N) is 2. The summed E-state index contributed by atoms with van der Waals surface area (Å²) >= 11 is 0. The van der Waals surface area contributed by atoms with Gasteiger partial charge in [-0.1, -0.05) is 12.1 Å². The Labute approximate surface area is 111 Å². The van der Waals surface area contributed by atoms with E-state index >= 15 is 0 Å². The number of amides is 1. The molecule has 2 rings (SSSR count). The van der Waals surface area contributed by atoms with Crippen molar-refractivity contribution in [3.8, 4) is 0 Å². The molecule has 1 aliphatic heterocycles. The second kappa shape index (κ2) is 4.68. The highest BCUT2D eigenvalue weighted by Crippen LogP contribution is 2.34. The Balaban J connectivity index is 2.41. The monoisotopic (exact) mass is 266 g/mol. The summed E-state index contributed by atoms with van der Waals surface area (Å²) in [6.07, 6.45) is 1.60. The molecule has 1 saturated heterocycles. The molecule has 1 fully saturated rings. The van der Waals surface area contributed by atoms with Gasteiger partial charge in [-0.15, -0.1) is 0 Å². The van der Waals surface area contributed by atoms with Crippen molar-refractivity contribution in [3.63, 3.8) is 0 Å². The molecule has 0 saturated carbocycles. The van der Waals surface area contributed by atoms with Gasteiger partial charge < -0.3 is 14.5 Å². The third-order valence-electron chi connectivity index (χ3n) is 3.96. The highest BCUT2D eigenvalue weighted by molar-refractivity contribution is 5.99. The van der Waals surface area contributed by atoms with E-state index in [0.29, 0.717) is 42.8 Å². The largest absolute Gasteiger partial charge is 0.479 e. The van der Waals surface area contributed by atoms with Gasteiger partial charge in [0, 0.05) is 6.54 Å². The zero-order chi connectivity index (χ0) is 14.2. The van der Waals surface area contributed by atoms with Gasteiger partial charge in [-0.3, -0.25) is 4.79 Å². The molecule has 6 heteroatoms. The quantitative estimate of drug-likeness (QED) is 0.901. The van der Waals surface area contributed by atoms with E-state index in [1.807, 2.05) is 0 Å². The van der Waals surface area contributed by atoms with Crippen molar-refractivity contribution in [2.75, 3.05) is 6.54 Å². The summed E-state index contributed by atoms with van der Waals surface area (Å²) in [6.45, 7) is 5.61. The molecule has 19 heavy (non-hydrogen) atoms. The van der Waals surface area contributed by atoms with Crippen LogP contribution in [0.2, 0.25) is 0 Å². The molecule has 0 spiro atoms. The number of hydrogen-bond donors (Lipinski definition) is 1. The lowest BCUT2D eigenvalue weighted by Gasteiger charge is -2.33. The molecule has 1 amide bonds. The Morgan fingerprint density at radius 1 is 1.47 bits per heavy atom. The summed E-state index contributed by atoms with van der Waals surface area (Å²) in [5, 5.41) is 13.2. The fraction of sp³-hybridized carbons (Fsp3) is 0.615. The first kappa shape index (κ1) is 13.6. The average Bonchev–Trinajstić information content (AvgIpc) is 2.93. The van der Waals surface area contributed by atoms with Crippen molar-refractivity contribution in [1.82, 2.24) is 10.1 Å². The highest BCUT2D eigenvalue weighted by atomic mass is 16.5. The molecule has 0 radical (unpaired) electrons. The zero-order valence-corrected chi connectivity index (χ0v) is 11.4. The van der Waals surface area contributed by atoms with E-state index in [-0.39, 0.29) is 5.91 Å². The minimum Gasteiger partial charge on any atom is -0.479 e. The van der Waals surface area contributed by atoms with E-state index in [0.717, 1.165) is 0 Å². The predicted octanol–water partition coefficient (Wildman–Crippen LogP) is 1.76. The molecule has 1 N–H and O–H groups in total. The Kier molecular flexibility index (Phi) is 3.34. The smallest absolute Gasteiger partial charge is 0.329 e. The normalized spacial score (nSPS) is 22.8. The number of hydrogen-bond acceptors (Lipinski definition) is 4. The summed E-state index contributed by atoms with van der Waals surface area (Å²) < 4.78 is 4.99. The first-order chi connectivity index (χ1) is 8.94. The fourth-order valence-corrected chi connectivity index (χ4v) is 2.84. The van der Waals surface area contributed by atoms with Crippen molar-refractivity contribution < 1.29 is 19.2 Å². The van der Waals surface area contributed by atoms with Crippen molar-refractivity contribution in [2.24, 2.45) is 0 Å². The lowest BCUT2D eigenvalue weighted by molar-refractivity contribution is -0.148. The van der Waals surface area contributed by atoms with Gasteiger partial charge in [-0.05, 0) is 33.1 Å². The predicted molar refractivity (Wildman–Crippen MR) is 66.9 cm³/mol. The van der Waals surface area contributed by atoms with Gasteiger partial charge in [0.05, 0.1) is 5.69 Å². The minimum atomic E-state index is -1.09. The number of carbonyl (C=O) groups is 2. The number of rotatable bonds is 3. The molecule has 104 valence electrons. The molecule has 1 aromatic rings. The van der Waals surface area contributed by atoms with Crippen molar-refractivity contribution in [2.45, 2.75) is 45.6 Å². The van der Waals surface area contributed by atoms with E-state index in [2.05, 4.69) is 5.16 Å². The molecule has 2 heterocycles. The van der Waals surface area contributed by atoms with Crippen LogP contribution in [0.4, 0.5) is 0 Å². The van der Waals surface area contributed by atoms with Crippen LogP contribution in [0.3, 0.4) is 0 Å². The Bertz CT molecular complexity index is 503. The topological polar surface area (TPSA) is 83.6 Å². The Morgan fingerprint density at radius 3 is 2.63 bits per heavy atom. The van der Waals surface area contributed by atoms with E-state index in [4.69, 9.17) is 4.52 Å². The Hall–Kier alpha value is -1.85. The number of carbonyl (C=O) groups excluding carboxylic acids is 1. The molecular formula is C13H18N2O4. The van der Waals surface area contributed by atoms with Gasteiger partial charge in [0.25, 0.3) is 5.91 Å². The molecule has 0 aliphatic carbocycles. The number of aromatic nitrogens is 1. The maximum Gasteiger partial charge on any atom is 0.329 e. The van der Waals surface area contributed by atoms with E-state index in [1.54, 1.807) is 20.8 Å². The van der Waals surface area contributed by atoms with Crippen LogP contribution in [-0.2, 0) is 4.79 Å². The first-order valence-corrected chi connectivity index (χ1v) is 6.42. The number of aryl methyl sites for hydroxylation is 2. The van der Waals surface area contributed by atoms with Gasteiger partial charge in [0.15, 0.2) is 0 Å². The summed E-state index contributed by atoms with van der Waals surface area (Å²) in [6, 6.07) is 0. The van der Waals surface area contributed by atoms with Crippen LogP contribution >= 0.6 is 0 Å². The van der Waals surface area contributed by atoms with E-state index < -0.39 is 11.5 Å². The van der Waals surface area contributed by atoms with Gasteiger partial charge in [-0.2, -0.15) is 0 Å². The second-order valence-electron chi connectivity index (χ2n) is 4.95. The van der Waals surface area contributed by atoms with Crippen LogP contribution in [0, 0.1) is 13.8 Å². The third-order valence-corrected chi connectivity index (χ3v) is 3.96. The molecular weight excluding hydrogens is 248 g/mol. The molecule has 1 unspecified atom stereocenters. The number of aliphatic carboxylic acids is 1. The number of carboxylic acids is 1. The fourth-order valence-electron chi connectivity index (χ4n) is 2.84. The van der Waals surface area contributed by atoms with Gasteiger partial charge >= 0.3 is 5.97 Å². The number of carboxylic acid groups (broad SMARTS) is 1. The second-order valence-corrected chi connectivity index (χ2v) is 4.95. The van der Waals surface area contributed by atoms with Crippen LogP contribution < -0.4 is 0 Å². The minimum absolute atomic E-state index is 0.294. The summed E-state index contributed by atoms with van der Waals surface area (Å²) in [5.41, 5.74) is -0.196. The molecule has 1 atom stereocenters. The molecule has 6 nitrogen and oxygen atoms in total. The average molecular weight is 266 g/mol. The van der Waals surface area contributed by atoms with Crippen LogP contribution in [0.25, 0.3) is 0 Å². The van der Waals surface area contributed by atoms with Crippen molar-refractivity contribution >= 4 is 11.9 Å². The molecule has 1 aliphatic rings. The summed E-state index contributed by atoms with van der Waals surface area (Å²) in [5.74, 6) is -0.796. The summed E-state index contributed by atoms with van der Waals surface area (Å²) in [4.78, 5) is 25.6. The lowest BCUT2D eigenvalue weighted by Crippen LogP contribution is -2.52. The van der Waals surface area contributed by atoms with Crippen LogP contribution in [-0.4, -0.2) is 39.1 Å². The number of likely N-dealkylation sites (tertiary alicyclic amines) is 1. The highest BCUT2D eigenvalue weighted by Gasteiger charge is 2.49. The Morgan fingerprint density at radius 2 is 2.16 bits per heavy atom. The van der Waals surface area contributed by atoms with Gasteiger partial charge in [0.2, 0.25) is 0 Å². The van der Waals surface area contributed by atoms with Gasteiger partial charge in [-0.25, -0.2) is 4.79 Å². The maximum absolute atomic E-state index is 12.6. The van der Waals surface area contributed by atoms with Crippen LogP contribution in [0.1, 0.15) is 48.0 Å².